The Labute approximate surface area is 201 Å². The van der Waals surface area contributed by atoms with E-state index in [2.05, 4.69) is 5.32 Å². The normalized spacial score (nSPS) is 15.4. The number of amides is 3. The van der Waals surface area contributed by atoms with Gasteiger partial charge in [0.2, 0.25) is 11.8 Å². The Morgan fingerprint density at radius 2 is 1.77 bits per heavy atom. The lowest BCUT2D eigenvalue weighted by molar-refractivity contribution is -0.384. The van der Waals surface area contributed by atoms with Crippen molar-refractivity contribution in [2.45, 2.75) is 32.2 Å². The molecule has 9 heteroatoms. The number of rotatable bonds is 5. The summed E-state index contributed by atoms with van der Waals surface area (Å²) in [6.45, 7) is 3.25. The highest BCUT2D eigenvalue weighted by atomic mass is 16.6. The second-order valence-corrected chi connectivity index (χ2v) is 8.45. The largest absolute Gasteiger partial charge is 0.398 e. The fourth-order valence-corrected chi connectivity index (χ4v) is 4.28. The number of nitrogens with two attached hydrogens (primary N) is 1. The Bertz CT molecular complexity index is 1340. The predicted molar refractivity (Wildman–Crippen MR) is 132 cm³/mol. The zero-order chi connectivity index (χ0) is 25.3. The van der Waals surface area contributed by atoms with E-state index in [4.69, 9.17) is 5.73 Å². The van der Waals surface area contributed by atoms with Crippen molar-refractivity contribution in [2.24, 2.45) is 0 Å². The number of anilines is 2. The van der Waals surface area contributed by atoms with Gasteiger partial charge in [-0.1, -0.05) is 42.5 Å². The molecule has 1 unspecified atom stereocenters. The molecule has 1 aliphatic heterocycles. The molecule has 0 aromatic heterocycles. The number of nitrogens with one attached hydrogen (secondary N) is 1. The van der Waals surface area contributed by atoms with E-state index in [0.717, 1.165) is 16.0 Å². The molecular weight excluding hydrogens is 448 g/mol. The van der Waals surface area contributed by atoms with Crippen molar-refractivity contribution in [3.63, 3.8) is 0 Å². The first-order chi connectivity index (χ1) is 16.7. The van der Waals surface area contributed by atoms with Crippen molar-refractivity contribution < 1.29 is 19.3 Å². The molecule has 0 aliphatic carbocycles. The molecule has 0 saturated heterocycles. The van der Waals surface area contributed by atoms with Gasteiger partial charge in [0, 0.05) is 23.4 Å². The molecule has 1 heterocycles. The first kappa shape index (κ1) is 23.6. The number of fused-ring (bicyclic) bond motifs is 3. The number of non-ortho nitro benzene ring substituents is 1. The molecule has 9 nitrogen and oxygen atoms in total. The van der Waals surface area contributed by atoms with Crippen molar-refractivity contribution in [1.29, 1.82) is 0 Å². The Morgan fingerprint density at radius 3 is 2.46 bits per heavy atom. The van der Waals surface area contributed by atoms with Crippen LogP contribution in [-0.4, -0.2) is 28.7 Å². The van der Waals surface area contributed by atoms with E-state index in [9.17, 15) is 24.5 Å². The second-order valence-electron chi connectivity index (χ2n) is 8.45. The highest BCUT2D eigenvalue weighted by Crippen LogP contribution is 2.44. The molecule has 178 valence electrons. The average Bonchev–Trinajstić information content (AvgIpc) is 2.92. The van der Waals surface area contributed by atoms with Crippen LogP contribution in [0, 0.1) is 10.1 Å². The Kier molecular flexibility index (Phi) is 6.33. The number of nitro benzene ring substituents is 1. The second kappa shape index (κ2) is 9.38. The lowest BCUT2D eigenvalue weighted by Crippen LogP contribution is -2.50. The van der Waals surface area contributed by atoms with Gasteiger partial charge >= 0.3 is 0 Å². The SMILES string of the molecule is CC1C(=O)N(C(=O)[C@H](C)NC(=O)Cc2ccc([N+](=O)[O-])cc2)c2cccc(N)c2-c2ccccc21. The van der Waals surface area contributed by atoms with E-state index in [-0.39, 0.29) is 12.1 Å². The first-order valence-electron chi connectivity index (χ1n) is 11.1. The molecule has 0 radical (unpaired) electrons. The van der Waals surface area contributed by atoms with Gasteiger partial charge in [0.05, 0.1) is 22.9 Å². The molecule has 2 atom stereocenters. The van der Waals surface area contributed by atoms with Crippen molar-refractivity contribution in [1.82, 2.24) is 5.32 Å². The summed E-state index contributed by atoms with van der Waals surface area (Å²) in [4.78, 5) is 51.0. The standard InChI is InChI=1S/C26H24N4O5/c1-15-19-6-3-4-7-20(19)24-21(27)8-5-9-22(24)29(25(15)32)26(33)16(2)28-23(31)14-17-10-12-18(13-11-17)30(34)35/h3-13,15-16H,14,27H2,1-2H3,(H,28,31)/t15?,16-/m0/s1. The number of carbonyl (C=O) groups is 3. The van der Waals surface area contributed by atoms with E-state index in [0.29, 0.717) is 22.5 Å². The maximum absolute atomic E-state index is 13.5. The molecule has 3 N–H and O–H groups in total. The van der Waals surface area contributed by atoms with Crippen LogP contribution in [0.5, 0.6) is 0 Å². The van der Waals surface area contributed by atoms with Crippen LogP contribution in [0.4, 0.5) is 17.1 Å². The third-order valence-corrected chi connectivity index (χ3v) is 6.08. The topological polar surface area (TPSA) is 136 Å². The van der Waals surface area contributed by atoms with E-state index in [1.807, 2.05) is 24.3 Å². The summed E-state index contributed by atoms with van der Waals surface area (Å²) >= 11 is 0. The Morgan fingerprint density at radius 1 is 1.09 bits per heavy atom. The average molecular weight is 473 g/mol. The summed E-state index contributed by atoms with van der Waals surface area (Å²) in [6, 6.07) is 17.1. The third kappa shape index (κ3) is 4.48. The number of hydrogen-bond donors (Lipinski definition) is 2. The Balaban J connectivity index is 1.60. The van der Waals surface area contributed by atoms with Crippen LogP contribution in [0.3, 0.4) is 0 Å². The summed E-state index contributed by atoms with van der Waals surface area (Å²) in [7, 11) is 0. The molecule has 0 bridgehead atoms. The molecule has 3 aromatic carbocycles. The van der Waals surface area contributed by atoms with E-state index >= 15 is 0 Å². The van der Waals surface area contributed by atoms with Crippen LogP contribution in [-0.2, 0) is 20.8 Å². The van der Waals surface area contributed by atoms with Crippen LogP contribution in [0.2, 0.25) is 0 Å². The highest BCUT2D eigenvalue weighted by molar-refractivity contribution is 6.22. The van der Waals surface area contributed by atoms with Gasteiger partial charge in [-0.05, 0) is 42.7 Å². The van der Waals surface area contributed by atoms with Crippen molar-refractivity contribution in [2.75, 3.05) is 10.6 Å². The third-order valence-electron chi connectivity index (χ3n) is 6.08. The zero-order valence-corrected chi connectivity index (χ0v) is 19.2. The minimum Gasteiger partial charge on any atom is -0.398 e. The van der Waals surface area contributed by atoms with Crippen LogP contribution in [0.1, 0.15) is 30.9 Å². The molecule has 4 rings (SSSR count). The molecule has 3 amide bonds. The van der Waals surface area contributed by atoms with Gasteiger partial charge in [0.15, 0.2) is 0 Å². The zero-order valence-electron chi connectivity index (χ0n) is 19.2. The lowest BCUT2D eigenvalue weighted by atomic mass is 9.92. The number of imide groups is 1. The minimum absolute atomic E-state index is 0.0745. The number of nitrogen functional groups attached to an aromatic ring is 1. The van der Waals surface area contributed by atoms with E-state index < -0.39 is 34.6 Å². The maximum Gasteiger partial charge on any atom is 0.269 e. The summed E-state index contributed by atoms with van der Waals surface area (Å²) in [6.07, 6.45) is -0.0745. The van der Waals surface area contributed by atoms with Gasteiger partial charge in [-0.15, -0.1) is 0 Å². The van der Waals surface area contributed by atoms with Gasteiger partial charge < -0.3 is 11.1 Å². The number of nitrogens with zero attached hydrogens (tertiary/aromatic N) is 2. The molecule has 35 heavy (non-hydrogen) atoms. The highest BCUT2D eigenvalue weighted by Gasteiger charge is 2.37. The van der Waals surface area contributed by atoms with Crippen molar-refractivity contribution in [3.8, 4) is 11.1 Å². The van der Waals surface area contributed by atoms with Gasteiger partial charge in [0.25, 0.3) is 11.6 Å². The number of benzene rings is 3. The molecule has 0 saturated carbocycles. The monoisotopic (exact) mass is 472 g/mol. The smallest absolute Gasteiger partial charge is 0.269 e. The van der Waals surface area contributed by atoms with Crippen LogP contribution in [0.25, 0.3) is 11.1 Å². The summed E-state index contributed by atoms with van der Waals surface area (Å²) in [5, 5.41) is 13.4. The number of nitro groups is 1. The van der Waals surface area contributed by atoms with Crippen LogP contribution in [0.15, 0.2) is 66.7 Å². The van der Waals surface area contributed by atoms with Gasteiger partial charge in [-0.3, -0.25) is 24.5 Å². The number of carbonyl (C=O) groups excluding carboxylic acids is 3. The quantitative estimate of drug-likeness (QED) is 0.331. The fourth-order valence-electron chi connectivity index (χ4n) is 4.28. The first-order valence-corrected chi connectivity index (χ1v) is 11.1. The Hall–Kier alpha value is -4.53. The van der Waals surface area contributed by atoms with Gasteiger partial charge in [0.1, 0.15) is 6.04 Å². The predicted octanol–water partition coefficient (Wildman–Crippen LogP) is 3.57. The molecule has 3 aromatic rings. The summed E-state index contributed by atoms with van der Waals surface area (Å²) in [5.41, 5.74) is 9.72. The lowest BCUT2D eigenvalue weighted by Gasteiger charge is -2.26. The number of hydrogen-bond acceptors (Lipinski definition) is 6. The summed E-state index contributed by atoms with van der Waals surface area (Å²) in [5.74, 6) is -2.06. The minimum atomic E-state index is -1.01. The van der Waals surface area contributed by atoms with Gasteiger partial charge in [-0.2, -0.15) is 0 Å². The van der Waals surface area contributed by atoms with Crippen molar-refractivity contribution in [3.05, 3.63) is 88.0 Å². The molecule has 0 fully saturated rings. The van der Waals surface area contributed by atoms with Crippen molar-refractivity contribution >= 4 is 34.8 Å². The summed E-state index contributed by atoms with van der Waals surface area (Å²) < 4.78 is 0. The van der Waals surface area contributed by atoms with E-state index in [1.165, 1.54) is 31.2 Å². The van der Waals surface area contributed by atoms with Crippen LogP contribution < -0.4 is 16.0 Å². The van der Waals surface area contributed by atoms with E-state index in [1.54, 1.807) is 25.1 Å². The van der Waals surface area contributed by atoms with Crippen LogP contribution >= 0.6 is 0 Å². The molecule has 0 spiro atoms. The fraction of sp³-hybridized carbons (Fsp3) is 0.192. The molecule has 1 aliphatic rings. The van der Waals surface area contributed by atoms with Gasteiger partial charge in [-0.25, -0.2) is 4.90 Å². The molecular formula is C26H24N4O5. The maximum atomic E-state index is 13.5.